The molecule has 0 aromatic heterocycles. The largest absolute Gasteiger partial charge is 0.465 e. The summed E-state index contributed by atoms with van der Waals surface area (Å²) in [7, 11) is -0.0533. The van der Waals surface area contributed by atoms with Crippen LogP contribution in [0, 0.1) is 5.82 Å². The van der Waals surface area contributed by atoms with Crippen molar-refractivity contribution in [2.75, 3.05) is 54.3 Å². The highest BCUT2D eigenvalue weighted by Crippen LogP contribution is 2.40. The molecule has 0 aliphatic heterocycles. The summed E-state index contributed by atoms with van der Waals surface area (Å²) in [5, 5.41) is 3.98. The fourth-order valence-electron chi connectivity index (χ4n) is 3.80. The molecule has 1 aliphatic carbocycles. The van der Waals surface area contributed by atoms with Crippen molar-refractivity contribution < 1.29 is 70.0 Å². The topological polar surface area (TPSA) is 220 Å². The lowest BCUT2D eigenvalue weighted by Crippen LogP contribution is -2.40. The maximum absolute atomic E-state index is 13.5. The summed E-state index contributed by atoms with van der Waals surface area (Å²) in [6.45, 7) is 0. The van der Waals surface area contributed by atoms with Gasteiger partial charge in [0.25, 0.3) is 0 Å². The van der Waals surface area contributed by atoms with E-state index in [-0.39, 0.29) is 9.99 Å². The van der Waals surface area contributed by atoms with Crippen LogP contribution in [0.3, 0.4) is 0 Å². The third-order valence-electron chi connectivity index (χ3n) is 5.66. The van der Waals surface area contributed by atoms with Gasteiger partial charge in [-0.15, -0.1) is 0 Å². The van der Waals surface area contributed by atoms with E-state index in [1.54, 1.807) is 0 Å². The van der Waals surface area contributed by atoms with E-state index in [1.807, 2.05) is 0 Å². The minimum atomic E-state index is -4.87. The summed E-state index contributed by atoms with van der Waals surface area (Å²) in [6.07, 6.45) is -1.30. The normalized spacial score (nSPS) is 14.3. The van der Waals surface area contributed by atoms with Gasteiger partial charge < -0.3 is 28.4 Å². The molecule has 0 fully saturated rings. The molecule has 2 rings (SSSR count). The van der Waals surface area contributed by atoms with E-state index in [0.717, 1.165) is 54.8 Å². The zero-order chi connectivity index (χ0) is 34.2. The summed E-state index contributed by atoms with van der Waals surface area (Å²) in [4.78, 5) is 79.2. The number of benzene rings is 1. The highest BCUT2D eigenvalue weighted by molar-refractivity contribution is 7.89. The average Bonchev–Trinajstić information content (AvgIpc) is 3.35. The van der Waals surface area contributed by atoms with Crippen LogP contribution in [0.2, 0.25) is 0 Å². The number of rotatable bonds is 10. The SMILES string of the molecule is COC(=O)C1=C(C(=O)OC)/C(=N\Nc2ccc(F)cc2)C(C(=O)OC)=C1/C(C(=O)OC)=C(/C(=O)OC)N(C(=O)OC)S(C)(=O)=O. The summed E-state index contributed by atoms with van der Waals surface area (Å²) in [6, 6.07) is 4.47. The molecule has 0 radical (unpaired) electrons. The minimum absolute atomic E-state index is 0.0818. The number of methoxy groups -OCH3 is 6. The van der Waals surface area contributed by atoms with Crippen molar-refractivity contribution in [1.29, 1.82) is 0 Å². The van der Waals surface area contributed by atoms with Gasteiger partial charge in [-0.2, -0.15) is 9.41 Å². The number of halogens is 1. The molecular weight excluding hydrogens is 629 g/mol. The zero-order valence-corrected chi connectivity index (χ0v) is 25.5. The third-order valence-corrected chi connectivity index (χ3v) is 6.66. The molecule has 1 aromatic carbocycles. The van der Waals surface area contributed by atoms with Crippen molar-refractivity contribution in [2.45, 2.75) is 0 Å². The standard InChI is InChI=1S/C26H26FN3O14S/c1-39-21(31)15-14(18(24(34)42-4)20(25(35)43-5)30(26(36)44-6)45(7,37)38)16(22(32)40-2)19(17(15)23(33)41-3)29-28-13-10-8-12(27)9-11-13/h8-11,28H,1-7H3/b20-18+,29-19-. The predicted molar refractivity (Wildman–Crippen MR) is 148 cm³/mol. The summed E-state index contributed by atoms with van der Waals surface area (Å²) in [5.74, 6) is -8.18. The van der Waals surface area contributed by atoms with Crippen LogP contribution in [0.1, 0.15) is 0 Å². The Morgan fingerprint density at radius 2 is 1.16 bits per heavy atom. The highest BCUT2D eigenvalue weighted by atomic mass is 32.2. The Morgan fingerprint density at radius 1 is 0.689 bits per heavy atom. The maximum atomic E-state index is 13.5. The number of hydrogen-bond donors (Lipinski definition) is 1. The maximum Gasteiger partial charge on any atom is 0.428 e. The van der Waals surface area contributed by atoms with Gasteiger partial charge in [-0.05, 0) is 24.3 Å². The average molecular weight is 656 g/mol. The predicted octanol–water partition coefficient (Wildman–Crippen LogP) is 0.348. The van der Waals surface area contributed by atoms with Gasteiger partial charge in [0.1, 0.15) is 22.7 Å². The van der Waals surface area contributed by atoms with Crippen LogP contribution in [0.5, 0.6) is 0 Å². The first kappa shape index (κ1) is 35.6. The molecule has 0 spiro atoms. The van der Waals surface area contributed by atoms with Gasteiger partial charge in [-0.1, -0.05) is 0 Å². The van der Waals surface area contributed by atoms with E-state index in [0.29, 0.717) is 6.26 Å². The molecule has 1 aromatic rings. The van der Waals surface area contributed by atoms with Gasteiger partial charge in [0, 0.05) is 5.57 Å². The number of amides is 1. The van der Waals surface area contributed by atoms with Crippen molar-refractivity contribution in [3.8, 4) is 0 Å². The van der Waals surface area contributed by atoms with E-state index in [1.165, 1.54) is 12.1 Å². The number of anilines is 1. The Labute approximate surface area is 254 Å². The number of ether oxygens (including phenoxy) is 6. The molecule has 0 unspecified atom stereocenters. The number of nitrogens with one attached hydrogen (secondary N) is 1. The van der Waals surface area contributed by atoms with Crippen LogP contribution in [-0.4, -0.2) is 103 Å². The first-order valence-corrected chi connectivity index (χ1v) is 13.8. The molecule has 1 aliphatic rings. The molecule has 0 bridgehead atoms. The summed E-state index contributed by atoms with van der Waals surface area (Å²) < 4.78 is 67.1. The molecule has 0 saturated carbocycles. The summed E-state index contributed by atoms with van der Waals surface area (Å²) in [5.41, 5.74) is -4.75. The molecule has 1 amide bonds. The van der Waals surface area contributed by atoms with Crippen molar-refractivity contribution in [3.63, 3.8) is 0 Å². The Kier molecular flexibility index (Phi) is 11.7. The van der Waals surface area contributed by atoms with Gasteiger partial charge in [0.2, 0.25) is 10.0 Å². The van der Waals surface area contributed by atoms with Crippen LogP contribution >= 0.6 is 0 Å². The Hall–Kier alpha value is -5.59. The molecule has 1 N–H and O–H groups in total. The number of carbonyl (C=O) groups excluding carboxylic acids is 6. The van der Waals surface area contributed by atoms with Crippen LogP contribution in [0.4, 0.5) is 14.9 Å². The van der Waals surface area contributed by atoms with E-state index < -0.39 is 91.1 Å². The Balaban J connectivity index is 3.40. The molecule has 45 heavy (non-hydrogen) atoms. The number of esters is 5. The van der Waals surface area contributed by atoms with Gasteiger partial charge in [0.15, 0.2) is 5.70 Å². The van der Waals surface area contributed by atoms with Crippen molar-refractivity contribution in [3.05, 3.63) is 63.6 Å². The van der Waals surface area contributed by atoms with E-state index >= 15 is 0 Å². The molecule has 0 saturated heterocycles. The second-order valence-corrected chi connectivity index (χ2v) is 10.1. The number of sulfonamides is 1. The molecule has 242 valence electrons. The third kappa shape index (κ3) is 7.32. The van der Waals surface area contributed by atoms with Gasteiger partial charge in [-0.25, -0.2) is 41.6 Å². The first-order valence-electron chi connectivity index (χ1n) is 12.0. The van der Waals surface area contributed by atoms with Gasteiger partial charge in [-0.3, -0.25) is 5.43 Å². The number of carbonyl (C=O) groups is 6. The Bertz CT molecular complexity index is 1670. The van der Waals surface area contributed by atoms with E-state index in [9.17, 15) is 41.6 Å². The second kappa shape index (κ2) is 14.7. The number of nitrogens with zero attached hydrogens (tertiary/aromatic N) is 2. The van der Waals surface area contributed by atoms with Crippen molar-refractivity contribution in [2.24, 2.45) is 5.10 Å². The van der Waals surface area contributed by atoms with Crippen LogP contribution in [0.25, 0.3) is 0 Å². The van der Waals surface area contributed by atoms with Crippen LogP contribution in [0.15, 0.2) is 62.9 Å². The zero-order valence-electron chi connectivity index (χ0n) is 24.7. The molecule has 0 atom stereocenters. The van der Waals surface area contributed by atoms with Crippen molar-refractivity contribution in [1.82, 2.24) is 4.31 Å². The van der Waals surface area contributed by atoms with Gasteiger partial charge >= 0.3 is 35.9 Å². The fourth-order valence-corrected chi connectivity index (χ4v) is 4.65. The first-order chi connectivity index (χ1) is 21.1. The van der Waals surface area contributed by atoms with E-state index in [2.05, 4.69) is 20.0 Å². The van der Waals surface area contributed by atoms with Crippen LogP contribution < -0.4 is 5.43 Å². The fraction of sp³-hybridized carbons (Fsp3) is 0.269. The number of hydrazone groups is 1. The number of hydrogen-bond acceptors (Lipinski definition) is 16. The Morgan fingerprint density at radius 3 is 1.58 bits per heavy atom. The lowest BCUT2D eigenvalue weighted by Gasteiger charge is -2.23. The summed E-state index contributed by atoms with van der Waals surface area (Å²) >= 11 is 0. The minimum Gasteiger partial charge on any atom is -0.465 e. The van der Waals surface area contributed by atoms with Crippen LogP contribution in [-0.2, 0) is 62.4 Å². The van der Waals surface area contributed by atoms with Crippen molar-refractivity contribution >= 4 is 57.4 Å². The lowest BCUT2D eigenvalue weighted by atomic mass is 9.94. The molecular formula is C26H26FN3O14S. The smallest absolute Gasteiger partial charge is 0.428 e. The molecule has 0 heterocycles. The quantitative estimate of drug-likeness (QED) is 0.156. The van der Waals surface area contributed by atoms with E-state index in [4.69, 9.17) is 18.9 Å². The molecule has 17 nitrogen and oxygen atoms in total. The second-order valence-electron chi connectivity index (χ2n) is 8.26. The van der Waals surface area contributed by atoms with Gasteiger partial charge in [0.05, 0.1) is 65.7 Å². The monoisotopic (exact) mass is 655 g/mol. The molecule has 19 heteroatoms. The lowest BCUT2D eigenvalue weighted by molar-refractivity contribution is -0.140. The highest BCUT2D eigenvalue weighted by Gasteiger charge is 2.49.